The number of pyridine rings is 1. The maximum atomic E-state index is 12.8. The van der Waals surface area contributed by atoms with Gasteiger partial charge in [0.15, 0.2) is 6.29 Å². The number of nitrogens with zero attached hydrogens (tertiary/aromatic N) is 4. The monoisotopic (exact) mass is 623 g/mol. The lowest BCUT2D eigenvalue weighted by Crippen LogP contribution is -2.51. The number of hydrogen-bond acceptors (Lipinski definition) is 9. The van der Waals surface area contributed by atoms with Gasteiger partial charge in [0.05, 0.1) is 29.3 Å². The summed E-state index contributed by atoms with van der Waals surface area (Å²) in [5.74, 6) is -0.227. The summed E-state index contributed by atoms with van der Waals surface area (Å²) >= 11 is 0. The van der Waals surface area contributed by atoms with Crippen molar-refractivity contribution in [3.05, 3.63) is 130 Å². The Balaban J connectivity index is 1.18. The SMILES string of the molecule is CC1C(CN2CCN(c3ccc([N+](=O)[O-])cc3)CC2)OC(c2cccc(NC(=O)c3cccnc3)c2)OC1c1ccc(CO)cc1. The molecule has 4 atom stereocenters. The van der Waals surface area contributed by atoms with Crippen LogP contribution >= 0.6 is 0 Å². The van der Waals surface area contributed by atoms with Crippen molar-refractivity contribution >= 4 is 23.0 Å². The fourth-order valence-corrected chi connectivity index (χ4v) is 6.02. The zero-order valence-corrected chi connectivity index (χ0v) is 25.6. The second-order valence-corrected chi connectivity index (χ2v) is 11.7. The number of non-ortho nitro benzene ring substituents is 1. The molecule has 6 rings (SSSR count). The molecule has 4 aromatic rings. The number of amides is 1. The highest BCUT2D eigenvalue weighted by atomic mass is 16.7. The molecule has 0 spiro atoms. The smallest absolute Gasteiger partial charge is 0.269 e. The van der Waals surface area contributed by atoms with E-state index in [1.54, 1.807) is 30.5 Å². The number of carbonyl (C=O) groups excluding carboxylic acids is 1. The maximum absolute atomic E-state index is 12.8. The summed E-state index contributed by atoms with van der Waals surface area (Å²) in [5.41, 5.74) is 4.78. The second-order valence-electron chi connectivity index (χ2n) is 11.7. The van der Waals surface area contributed by atoms with E-state index in [-0.39, 0.29) is 41.3 Å². The molecule has 4 unspecified atom stereocenters. The summed E-state index contributed by atoms with van der Waals surface area (Å²) in [5, 5.41) is 23.6. The third-order valence-corrected chi connectivity index (χ3v) is 8.70. The molecule has 3 aromatic carbocycles. The lowest BCUT2D eigenvalue weighted by molar-refractivity contribution is -0.384. The Morgan fingerprint density at radius 2 is 1.74 bits per heavy atom. The first-order valence-corrected chi connectivity index (χ1v) is 15.4. The fraction of sp³-hybridized carbons (Fsp3) is 0.314. The van der Waals surface area contributed by atoms with Crippen molar-refractivity contribution in [1.29, 1.82) is 0 Å². The van der Waals surface area contributed by atoms with E-state index in [9.17, 15) is 20.0 Å². The first kappa shape index (κ1) is 31.3. The zero-order chi connectivity index (χ0) is 32.0. The maximum Gasteiger partial charge on any atom is 0.269 e. The van der Waals surface area contributed by atoms with E-state index in [4.69, 9.17) is 9.47 Å². The molecule has 2 aliphatic heterocycles. The van der Waals surface area contributed by atoms with Gasteiger partial charge in [-0.05, 0) is 47.5 Å². The average molecular weight is 624 g/mol. The number of aromatic nitrogens is 1. The number of benzene rings is 3. The lowest BCUT2D eigenvalue weighted by Gasteiger charge is -2.44. The van der Waals surface area contributed by atoms with Gasteiger partial charge in [-0.1, -0.05) is 43.3 Å². The molecule has 0 saturated carbocycles. The number of carbonyl (C=O) groups is 1. The molecule has 238 valence electrons. The van der Waals surface area contributed by atoms with E-state index >= 15 is 0 Å². The topological polar surface area (TPSA) is 130 Å². The van der Waals surface area contributed by atoms with Crippen LogP contribution in [0.25, 0.3) is 0 Å². The lowest BCUT2D eigenvalue weighted by atomic mass is 9.90. The number of ether oxygens (including phenoxy) is 2. The summed E-state index contributed by atoms with van der Waals surface area (Å²) in [6.07, 6.45) is 2.07. The van der Waals surface area contributed by atoms with Crippen molar-refractivity contribution in [1.82, 2.24) is 9.88 Å². The van der Waals surface area contributed by atoms with Crippen molar-refractivity contribution in [3.8, 4) is 0 Å². The minimum absolute atomic E-state index is 0.0254. The van der Waals surface area contributed by atoms with Gasteiger partial charge in [-0.25, -0.2) is 0 Å². The highest BCUT2D eigenvalue weighted by Gasteiger charge is 2.39. The molecule has 2 N–H and O–H groups in total. The molecule has 0 bridgehead atoms. The molecule has 0 radical (unpaired) electrons. The van der Waals surface area contributed by atoms with Crippen LogP contribution < -0.4 is 10.2 Å². The van der Waals surface area contributed by atoms with Crippen molar-refractivity contribution in [2.75, 3.05) is 42.9 Å². The zero-order valence-electron chi connectivity index (χ0n) is 25.6. The quantitative estimate of drug-likeness (QED) is 0.187. The molecular weight excluding hydrogens is 586 g/mol. The average Bonchev–Trinajstić information content (AvgIpc) is 3.10. The number of aliphatic hydroxyl groups is 1. The van der Waals surface area contributed by atoms with Crippen LogP contribution in [0.5, 0.6) is 0 Å². The van der Waals surface area contributed by atoms with Gasteiger partial charge in [-0.15, -0.1) is 0 Å². The first-order chi connectivity index (χ1) is 22.4. The van der Waals surface area contributed by atoms with Gasteiger partial charge in [0.1, 0.15) is 0 Å². The van der Waals surface area contributed by atoms with E-state index in [1.807, 2.05) is 60.7 Å². The Morgan fingerprint density at radius 1 is 0.978 bits per heavy atom. The van der Waals surface area contributed by atoms with Gasteiger partial charge in [-0.2, -0.15) is 0 Å². The normalized spacial score (nSPS) is 21.9. The predicted octanol–water partition coefficient (Wildman–Crippen LogP) is 5.35. The van der Waals surface area contributed by atoms with Gasteiger partial charge in [-0.3, -0.25) is 24.8 Å². The van der Waals surface area contributed by atoms with Crippen LogP contribution in [0.15, 0.2) is 97.3 Å². The molecule has 2 saturated heterocycles. The molecule has 11 nitrogen and oxygen atoms in total. The highest BCUT2D eigenvalue weighted by Crippen LogP contribution is 2.42. The molecule has 1 amide bonds. The minimum atomic E-state index is -0.666. The Hall–Kier alpha value is -4.68. The molecule has 3 heterocycles. The van der Waals surface area contributed by atoms with Crippen LogP contribution in [-0.4, -0.2) is 64.6 Å². The van der Waals surface area contributed by atoms with Crippen LogP contribution in [0, 0.1) is 16.0 Å². The van der Waals surface area contributed by atoms with Gasteiger partial charge < -0.3 is 24.8 Å². The summed E-state index contributed by atoms with van der Waals surface area (Å²) in [7, 11) is 0. The van der Waals surface area contributed by atoms with Crippen LogP contribution in [0.2, 0.25) is 0 Å². The van der Waals surface area contributed by atoms with Crippen LogP contribution in [0.4, 0.5) is 17.1 Å². The molecule has 0 aliphatic carbocycles. The van der Waals surface area contributed by atoms with E-state index in [2.05, 4.69) is 27.0 Å². The van der Waals surface area contributed by atoms with Crippen LogP contribution in [-0.2, 0) is 16.1 Å². The third-order valence-electron chi connectivity index (χ3n) is 8.70. The summed E-state index contributed by atoms with van der Waals surface area (Å²) in [6.45, 7) is 6.05. The van der Waals surface area contributed by atoms with E-state index in [1.165, 1.54) is 6.20 Å². The Morgan fingerprint density at radius 3 is 2.41 bits per heavy atom. The standard InChI is InChI=1S/C35H37N5O6/c1-24-32(22-38-16-18-39(19-17-38)30-11-13-31(14-12-30)40(43)44)45-35(46-33(24)26-9-7-25(23-41)8-10-26)27-4-2-6-29(20-27)37-34(42)28-5-3-15-36-21-28/h2-15,20-21,24,32-33,35,41H,16-19,22-23H2,1H3,(H,37,42). The van der Waals surface area contributed by atoms with Crippen molar-refractivity contribution in [3.63, 3.8) is 0 Å². The summed E-state index contributed by atoms with van der Waals surface area (Å²) in [4.78, 5) is 32.1. The fourth-order valence-electron chi connectivity index (χ4n) is 6.02. The van der Waals surface area contributed by atoms with Crippen molar-refractivity contribution in [2.24, 2.45) is 5.92 Å². The number of nitro groups is 1. The first-order valence-electron chi connectivity index (χ1n) is 15.4. The van der Waals surface area contributed by atoms with Gasteiger partial charge in [0, 0.05) is 80.1 Å². The van der Waals surface area contributed by atoms with Crippen molar-refractivity contribution < 1.29 is 24.3 Å². The minimum Gasteiger partial charge on any atom is -0.392 e. The molecule has 2 aliphatic rings. The Bertz CT molecular complexity index is 1630. The third kappa shape index (κ3) is 7.24. The Labute approximate surface area is 267 Å². The number of anilines is 2. The number of piperazine rings is 1. The Kier molecular flexibility index (Phi) is 9.65. The van der Waals surface area contributed by atoms with Crippen LogP contribution in [0.3, 0.4) is 0 Å². The van der Waals surface area contributed by atoms with Gasteiger partial charge in [0.25, 0.3) is 11.6 Å². The van der Waals surface area contributed by atoms with E-state index in [0.29, 0.717) is 17.8 Å². The molecule has 2 fully saturated rings. The largest absolute Gasteiger partial charge is 0.392 e. The molecule has 11 heteroatoms. The van der Waals surface area contributed by atoms with E-state index < -0.39 is 6.29 Å². The van der Waals surface area contributed by atoms with E-state index in [0.717, 1.165) is 48.6 Å². The van der Waals surface area contributed by atoms with Gasteiger partial charge >= 0.3 is 0 Å². The van der Waals surface area contributed by atoms with Gasteiger partial charge in [0.2, 0.25) is 0 Å². The summed E-state index contributed by atoms with van der Waals surface area (Å²) < 4.78 is 13.3. The number of rotatable bonds is 9. The number of aliphatic hydroxyl groups excluding tert-OH is 1. The molecule has 1 aromatic heterocycles. The van der Waals surface area contributed by atoms with Crippen LogP contribution in [0.1, 0.15) is 46.4 Å². The summed E-state index contributed by atoms with van der Waals surface area (Å²) in [6, 6.07) is 25.5. The molecular formula is C35H37N5O6. The number of nitro benzene ring substituents is 1. The highest BCUT2D eigenvalue weighted by molar-refractivity contribution is 6.04. The number of nitrogens with one attached hydrogen (secondary N) is 1. The predicted molar refractivity (Wildman–Crippen MR) is 173 cm³/mol. The second kappa shape index (κ2) is 14.2. The van der Waals surface area contributed by atoms with Crippen molar-refractivity contribution in [2.45, 2.75) is 32.0 Å². The number of hydrogen-bond donors (Lipinski definition) is 2. The molecule has 46 heavy (non-hydrogen) atoms.